The van der Waals surface area contributed by atoms with Crippen LogP contribution in [-0.4, -0.2) is 32.4 Å². The van der Waals surface area contributed by atoms with Gasteiger partial charge in [-0.1, -0.05) is 38.1 Å². The van der Waals surface area contributed by atoms with E-state index in [2.05, 4.69) is 48.1 Å². The quantitative estimate of drug-likeness (QED) is 0.435. The number of hydrogen-bond acceptors (Lipinski definition) is 4. The molecule has 7 heteroatoms. The topological polar surface area (TPSA) is 76.3 Å². The molecule has 1 N–H and O–H groups in total. The van der Waals surface area contributed by atoms with Gasteiger partial charge in [0.15, 0.2) is 0 Å². The van der Waals surface area contributed by atoms with Crippen LogP contribution >= 0.6 is 0 Å². The predicted molar refractivity (Wildman–Crippen MR) is 148 cm³/mol. The molecule has 0 aliphatic carbocycles. The van der Waals surface area contributed by atoms with Gasteiger partial charge in [-0.3, -0.25) is 19.3 Å². The third kappa shape index (κ3) is 3.17. The van der Waals surface area contributed by atoms with Crippen molar-refractivity contribution in [3.05, 3.63) is 87.0 Å². The molecule has 5 heterocycles. The Kier molecular flexibility index (Phi) is 4.96. The van der Waals surface area contributed by atoms with E-state index >= 15 is 0 Å². The van der Waals surface area contributed by atoms with Gasteiger partial charge < -0.3 is 14.5 Å². The van der Waals surface area contributed by atoms with E-state index in [4.69, 9.17) is 0 Å². The van der Waals surface area contributed by atoms with Crippen molar-refractivity contribution >= 4 is 39.3 Å². The predicted octanol–water partition coefficient (Wildman–Crippen LogP) is 4.76. The number of para-hydroxylation sites is 1. The molecule has 0 unspecified atom stereocenters. The van der Waals surface area contributed by atoms with Crippen molar-refractivity contribution in [2.45, 2.75) is 52.6 Å². The smallest absolute Gasteiger partial charge is 0.259 e. The van der Waals surface area contributed by atoms with Crippen molar-refractivity contribution in [2.24, 2.45) is 5.92 Å². The van der Waals surface area contributed by atoms with Crippen LogP contribution in [0.2, 0.25) is 0 Å². The van der Waals surface area contributed by atoms with Crippen molar-refractivity contribution in [1.82, 2.24) is 14.0 Å². The molecule has 2 amide bonds. The summed E-state index contributed by atoms with van der Waals surface area (Å²) in [5, 5.41) is 5.56. The van der Waals surface area contributed by atoms with Crippen molar-refractivity contribution < 1.29 is 9.59 Å². The SMILES string of the molecule is CC(=O)N1CC2=C(C1=O)[C@H](c1cc3cccc4c3n(c1=O)CCC4)c1cn(CC(C)C)c3cccc(c13)N2. The Morgan fingerprint density at radius 3 is 2.71 bits per heavy atom. The van der Waals surface area contributed by atoms with Gasteiger partial charge in [-0.15, -0.1) is 0 Å². The Morgan fingerprint density at radius 1 is 1.11 bits per heavy atom. The monoisotopic (exact) mass is 506 g/mol. The average molecular weight is 507 g/mol. The minimum atomic E-state index is -0.583. The number of hydrogen-bond donors (Lipinski definition) is 1. The molecule has 1 atom stereocenters. The number of anilines is 1. The van der Waals surface area contributed by atoms with E-state index in [1.54, 1.807) is 0 Å². The van der Waals surface area contributed by atoms with Gasteiger partial charge in [0.2, 0.25) is 5.91 Å². The minimum Gasteiger partial charge on any atom is -0.356 e. The first-order valence-electron chi connectivity index (χ1n) is 13.4. The maximum Gasteiger partial charge on any atom is 0.259 e. The highest BCUT2D eigenvalue weighted by Crippen LogP contribution is 2.46. The van der Waals surface area contributed by atoms with Crippen LogP contribution in [0.4, 0.5) is 5.69 Å². The Bertz CT molecular complexity index is 1790. The summed E-state index contributed by atoms with van der Waals surface area (Å²) >= 11 is 0. The molecule has 192 valence electrons. The van der Waals surface area contributed by atoms with E-state index in [1.807, 2.05) is 28.8 Å². The number of nitrogens with zero attached hydrogens (tertiary/aromatic N) is 3. The zero-order chi connectivity index (χ0) is 26.3. The van der Waals surface area contributed by atoms with E-state index in [0.717, 1.165) is 52.4 Å². The number of pyridine rings is 1. The number of rotatable bonds is 3. The van der Waals surface area contributed by atoms with Gasteiger partial charge in [-0.2, -0.15) is 0 Å². The lowest BCUT2D eigenvalue weighted by Gasteiger charge is -2.24. The molecule has 38 heavy (non-hydrogen) atoms. The summed E-state index contributed by atoms with van der Waals surface area (Å²) in [7, 11) is 0. The number of benzene rings is 2. The van der Waals surface area contributed by atoms with E-state index in [1.165, 1.54) is 17.4 Å². The number of amides is 2. The van der Waals surface area contributed by atoms with E-state index < -0.39 is 5.92 Å². The van der Waals surface area contributed by atoms with Gasteiger partial charge in [0.05, 0.1) is 23.2 Å². The molecular weight excluding hydrogens is 476 g/mol. The lowest BCUT2D eigenvalue weighted by atomic mass is 9.84. The minimum absolute atomic E-state index is 0.0558. The van der Waals surface area contributed by atoms with Crippen molar-refractivity contribution in [3.63, 3.8) is 0 Å². The van der Waals surface area contributed by atoms with Gasteiger partial charge in [-0.25, -0.2) is 0 Å². The molecule has 0 saturated heterocycles. The van der Waals surface area contributed by atoms with Gasteiger partial charge in [0.25, 0.3) is 11.5 Å². The molecule has 2 aromatic carbocycles. The van der Waals surface area contributed by atoms with Gasteiger partial charge in [-0.05, 0) is 53.5 Å². The van der Waals surface area contributed by atoms with Gasteiger partial charge in [0.1, 0.15) is 0 Å². The Morgan fingerprint density at radius 2 is 1.92 bits per heavy atom. The summed E-state index contributed by atoms with van der Waals surface area (Å²) in [5.74, 6) is -0.786. The normalized spacial score (nSPS) is 18.4. The molecule has 2 aromatic heterocycles. The molecular formula is C31H30N4O3. The van der Waals surface area contributed by atoms with Crippen molar-refractivity contribution in [1.29, 1.82) is 0 Å². The summed E-state index contributed by atoms with van der Waals surface area (Å²) in [6, 6.07) is 14.3. The first kappa shape index (κ1) is 23.0. The summed E-state index contributed by atoms with van der Waals surface area (Å²) < 4.78 is 4.14. The molecule has 0 spiro atoms. The van der Waals surface area contributed by atoms with Crippen LogP contribution in [0.3, 0.4) is 0 Å². The number of nitrogens with one attached hydrogen (secondary N) is 1. The fraction of sp³-hybridized carbons (Fsp3) is 0.323. The first-order valence-corrected chi connectivity index (χ1v) is 13.4. The Labute approximate surface area is 220 Å². The third-order valence-corrected chi connectivity index (χ3v) is 8.24. The summed E-state index contributed by atoms with van der Waals surface area (Å²) in [4.78, 5) is 41.9. The lowest BCUT2D eigenvalue weighted by Crippen LogP contribution is -2.34. The molecule has 0 saturated carbocycles. The highest BCUT2D eigenvalue weighted by molar-refractivity contribution is 6.11. The molecule has 0 radical (unpaired) electrons. The fourth-order valence-corrected chi connectivity index (χ4v) is 6.73. The fourth-order valence-electron chi connectivity index (χ4n) is 6.73. The largest absolute Gasteiger partial charge is 0.356 e. The van der Waals surface area contributed by atoms with E-state index in [9.17, 15) is 14.4 Å². The van der Waals surface area contributed by atoms with E-state index in [-0.39, 0.29) is 23.9 Å². The average Bonchev–Trinajstić information content (AvgIpc) is 3.36. The molecule has 0 bridgehead atoms. The maximum atomic E-state index is 14.3. The van der Waals surface area contributed by atoms with Crippen LogP contribution in [-0.2, 0) is 29.1 Å². The second-order valence-electron chi connectivity index (χ2n) is 11.2. The molecule has 3 aliphatic heterocycles. The van der Waals surface area contributed by atoms with Crippen LogP contribution in [0.25, 0.3) is 21.8 Å². The Hall–Kier alpha value is -4.13. The second kappa shape index (κ2) is 8.18. The van der Waals surface area contributed by atoms with Gasteiger partial charge in [0, 0.05) is 54.5 Å². The molecule has 7 rings (SSSR count). The second-order valence-corrected chi connectivity index (χ2v) is 11.2. The van der Waals surface area contributed by atoms with E-state index in [0.29, 0.717) is 29.3 Å². The zero-order valence-corrected chi connectivity index (χ0v) is 21.9. The molecule has 4 aromatic rings. The zero-order valence-electron chi connectivity index (χ0n) is 21.9. The molecule has 0 fully saturated rings. The van der Waals surface area contributed by atoms with Crippen molar-refractivity contribution in [3.8, 4) is 0 Å². The third-order valence-electron chi connectivity index (χ3n) is 8.24. The number of aromatic nitrogens is 2. The van der Waals surface area contributed by atoms with Crippen LogP contribution in [0.1, 0.15) is 49.8 Å². The van der Waals surface area contributed by atoms with Gasteiger partial charge >= 0.3 is 0 Å². The maximum absolute atomic E-state index is 14.3. The first-order chi connectivity index (χ1) is 18.3. The number of carbonyl (C=O) groups is 2. The lowest BCUT2D eigenvalue weighted by molar-refractivity contribution is -0.139. The highest BCUT2D eigenvalue weighted by atomic mass is 16.2. The summed E-state index contributed by atoms with van der Waals surface area (Å²) in [6.07, 6.45) is 3.98. The number of aryl methyl sites for hydroxylation is 2. The van der Waals surface area contributed by atoms with Crippen molar-refractivity contribution in [2.75, 3.05) is 11.9 Å². The van der Waals surface area contributed by atoms with Crippen LogP contribution < -0.4 is 10.9 Å². The number of imide groups is 1. The Balaban J connectivity index is 1.57. The summed E-state index contributed by atoms with van der Waals surface area (Å²) in [5.41, 5.74) is 6.82. The molecule has 3 aliphatic rings. The molecule has 7 nitrogen and oxygen atoms in total. The van der Waals surface area contributed by atoms with Crippen LogP contribution in [0, 0.1) is 5.92 Å². The van der Waals surface area contributed by atoms with Crippen LogP contribution in [0.15, 0.2) is 64.7 Å². The highest BCUT2D eigenvalue weighted by Gasteiger charge is 2.43. The summed E-state index contributed by atoms with van der Waals surface area (Å²) in [6.45, 7) is 7.43. The standard InChI is InChI=1S/C31H30N4O3/c1-17(2)14-33-15-22-26(21-13-20-8-4-7-19-9-6-12-34(29(19)20)30(21)37)28-24(16-35(18(3)36)31(28)38)32-23-10-5-11-25(33)27(22)23/h4-5,7-8,10-11,13,15,17,26,32H,6,9,12,14,16H2,1-3H3/t26-/m1/s1. The van der Waals surface area contributed by atoms with Crippen LogP contribution in [0.5, 0.6) is 0 Å². The number of carbonyl (C=O) groups excluding carboxylic acids is 2.